The summed E-state index contributed by atoms with van der Waals surface area (Å²) >= 11 is 1.55. The van der Waals surface area contributed by atoms with Crippen LogP contribution in [-0.4, -0.2) is 48.7 Å². The summed E-state index contributed by atoms with van der Waals surface area (Å²) in [7, 11) is 2.13. The Morgan fingerprint density at radius 3 is 2.54 bits per heavy atom. The van der Waals surface area contributed by atoms with Crippen LogP contribution in [0.25, 0.3) is 0 Å². The van der Waals surface area contributed by atoms with E-state index in [0.29, 0.717) is 12.6 Å². The van der Waals surface area contributed by atoms with Gasteiger partial charge in [-0.2, -0.15) is 0 Å². The summed E-state index contributed by atoms with van der Waals surface area (Å²) in [6.07, 6.45) is 0. The zero-order valence-electron chi connectivity index (χ0n) is 17.2. The number of hydrogen-bond acceptors (Lipinski definition) is 4. The van der Waals surface area contributed by atoms with Crippen LogP contribution in [0.15, 0.2) is 52.8 Å². The van der Waals surface area contributed by atoms with E-state index in [2.05, 4.69) is 58.8 Å². The third kappa shape index (κ3) is 8.06. The van der Waals surface area contributed by atoms with Gasteiger partial charge in [0, 0.05) is 30.6 Å². The molecule has 1 heterocycles. The Hall–Kier alpha value is -1.16. The van der Waals surface area contributed by atoms with E-state index in [1.54, 1.807) is 11.3 Å². The number of nitrogens with one attached hydrogen (secondary N) is 2. The Morgan fingerprint density at radius 2 is 1.93 bits per heavy atom. The molecule has 156 valence electrons. The van der Waals surface area contributed by atoms with Gasteiger partial charge in [0.15, 0.2) is 5.96 Å². The SMILES string of the molecule is CCNC(=NCC(C)(O)c1cccs1)NCC(C)N(C)Cc1ccccc1.I. The quantitative estimate of drug-likeness (QED) is 0.271. The second kappa shape index (κ2) is 12.4. The van der Waals surface area contributed by atoms with Gasteiger partial charge in [-0.1, -0.05) is 36.4 Å². The topological polar surface area (TPSA) is 59.9 Å². The van der Waals surface area contributed by atoms with Crippen LogP contribution < -0.4 is 10.6 Å². The van der Waals surface area contributed by atoms with Crippen LogP contribution in [0.3, 0.4) is 0 Å². The lowest BCUT2D eigenvalue weighted by Gasteiger charge is -2.26. The molecule has 3 N–H and O–H groups in total. The Morgan fingerprint density at radius 1 is 1.21 bits per heavy atom. The fourth-order valence-corrected chi connectivity index (χ4v) is 3.44. The van der Waals surface area contributed by atoms with Gasteiger partial charge < -0.3 is 15.7 Å². The van der Waals surface area contributed by atoms with Crippen molar-refractivity contribution in [1.82, 2.24) is 15.5 Å². The number of likely N-dealkylation sites (N-methyl/N-ethyl adjacent to an activating group) is 1. The molecule has 2 aromatic rings. The highest BCUT2D eigenvalue weighted by atomic mass is 127. The highest BCUT2D eigenvalue weighted by Crippen LogP contribution is 2.25. The fraction of sp³-hybridized carbons (Fsp3) is 0.476. The molecule has 0 aliphatic rings. The molecule has 0 amide bonds. The molecular weight excluding hydrogens is 483 g/mol. The molecule has 2 atom stereocenters. The lowest BCUT2D eigenvalue weighted by Crippen LogP contribution is -2.45. The summed E-state index contributed by atoms with van der Waals surface area (Å²) in [5.41, 5.74) is 0.353. The van der Waals surface area contributed by atoms with Crippen molar-refractivity contribution < 1.29 is 5.11 Å². The number of benzene rings is 1. The summed E-state index contributed by atoms with van der Waals surface area (Å²) in [5.74, 6) is 0.731. The molecule has 0 radical (unpaired) electrons. The summed E-state index contributed by atoms with van der Waals surface area (Å²) in [6, 6.07) is 14.7. The van der Waals surface area contributed by atoms with Gasteiger partial charge in [0.05, 0.1) is 6.54 Å². The molecule has 5 nitrogen and oxygen atoms in total. The predicted molar refractivity (Wildman–Crippen MR) is 131 cm³/mol. The average Bonchev–Trinajstić information content (AvgIpc) is 3.20. The molecule has 7 heteroatoms. The number of aliphatic hydroxyl groups is 1. The molecule has 0 saturated heterocycles. The minimum absolute atomic E-state index is 0. The molecule has 28 heavy (non-hydrogen) atoms. The van der Waals surface area contributed by atoms with E-state index in [1.165, 1.54) is 5.56 Å². The molecule has 2 rings (SSSR count). The normalized spacial score (nSPS) is 14.9. The van der Waals surface area contributed by atoms with Crippen molar-refractivity contribution in [2.75, 3.05) is 26.7 Å². The van der Waals surface area contributed by atoms with Crippen LogP contribution >= 0.6 is 35.3 Å². The summed E-state index contributed by atoms with van der Waals surface area (Å²) in [4.78, 5) is 7.83. The largest absolute Gasteiger partial charge is 0.383 e. The van der Waals surface area contributed by atoms with E-state index in [-0.39, 0.29) is 24.0 Å². The summed E-state index contributed by atoms with van der Waals surface area (Å²) in [6.45, 7) is 8.82. The predicted octanol–water partition coefficient (Wildman–Crippen LogP) is 3.65. The first-order valence-electron chi connectivity index (χ1n) is 9.45. The second-order valence-electron chi connectivity index (χ2n) is 7.08. The first-order valence-corrected chi connectivity index (χ1v) is 10.3. The third-order valence-corrected chi connectivity index (χ3v) is 5.66. The van der Waals surface area contributed by atoms with Gasteiger partial charge in [0.1, 0.15) is 5.60 Å². The zero-order chi connectivity index (χ0) is 19.7. The Labute approximate surface area is 190 Å². The van der Waals surface area contributed by atoms with Crippen LogP contribution in [0.5, 0.6) is 0 Å². The molecule has 0 aliphatic heterocycles. The van der Waals surface area contributed by atoms with Gasteiger partial charge in [-0.25, -0.2) is 4.99 Å². The molecule has 0 aliphatic carbocycles. The maximum atomic E-state index is 10.7. The standard InChI is InChI=1S/C21H32N4OS.HI/c1-5-22-20(24-16-21(3,26)19-12-9-13-27-19)23-14-17(2)25(4)15-18-10-7-6-8-11-18;/h6-13,17,26H,5,14-16H2,1-4H3,(H2,22,23,24);1H. The van der Waals surface area contributed by atoms with Crippen molar-refractivity contribution in [3.05, 3.63) is 58.3 Å². The van der Waals surface area contributed by atoms with Gasteiger partial charge in [-0.15, -0.1) is 35.3 Å². The molecule has 0 saturated carbocycles. The average molecular weight is 516 g/mol. The molecular formula is C21H33IN4OS. The number of thiophene rings is 1. The maximum absolute atomic E-state index is 10.7. The van der Waals surface area contributed by atoms with Crippen molar-refractivity contribution in [3.8, 4) is 0 Å². The molecule has 1 aromatic heterocycles. The van der Waals surface area contributed by atoms with Gasteiger partial charge in [0.25, 0.3) is 0 Å². The lowest BCUT2D eigenvalue weighted by atomic mass is 10.1. The number of guanidine groups is 1. The first kappa shape index (κ1) is 24.9. The molecule has 0 fully saturated rings. The first-order chi connectivity index (χ1) is 12.9. The Bertz CT molecular complexity index is 692. The van der Waals surface area contributed by atoms with Crippen LogP contribution in [-0.2, 0) is 12.1 Å². The van der Waals surface area contributed by atoms with E-state index in [4.69, 9.17) is 0 Å². The monoisotopic (exact) mass is 516 g/mol. The fourth-order valence-electron chi connectivity index (χ4n) is 2.67. The lowest BCUT2D eigenvalue weighted by molar-refractivity contribution is 0.0711. The van der Waals surface area contributed by atoms with Gasteiger partial charge in [-0.05, 0) is 44.8 Å². The molecule has 2 unspecified atom stereocenters. The highest BCUT2D eigenvalue weighted by molar-refractivity contribution is 14.0. The van der Waals surface area contributed by atoms with E-state index in [0.717, 1.165) is 30.5 Å². The van der Waals surface area contributed by atoms with E-state index < -0.39 is 5.60 Å². The van der Waals surface area contributed by atoms with Crippen molar-refractivity contribution in [3.63, 3.8) is 0 Å². The summed E-state index contributed by atoms with van der Waals surface area (Å²) < 4.78 is 0. The number of aliphatic imine (C=N–C) groups is 1. The number of halogens is 1. The van der Waals surface area contributed by atoms with Crippen LogP contribution in [0, 0.1) is 0 Å². The third-order valence-electron chi connectivity index (χ3n) is 4.53. The molecule has 0 bridgehead atoms. The number of nitrogens with zero attached hydrogens (tertiary/aromatic N) is 2. The van der Waals surface area contributed by atoms with E-state index >= 15 is 0 Å². The van der Waals surface area contributed by atoms with Crippen molar-refractivity contribution in [2.45, 2.75) is 39.0 Å². The highest BCUT2D eigenvalue weighted by Gasteiger charge is 2.24. The minimum Gasteiger partial charge on any atom is -0.383 e. The van der Waals surface area contributed by atoms with Crippen molar-refractivity contribution in [1.29, 1.82) is 0 Å². The zero-order valence-corrected chi connectivity index (χ0v) is 20.3. The van der Waals surface area contributed by atoms with Crippen LogP contribution in [0.2, 0.25) is 0 Å². The number of rotatable bonds is 9. The van der Waals surface area contributed by atoms with Crippen molar-refractivity contribution in [2.24, 2.45) is 4.99 Å². The van der Waals surface area contributed by atoms with Gasteiger partial charge in [-0.3, -0.25) is 4.90 Å². The van der Waals surface area contributed by atoms with Crippen LogP contribution in [0.1, 0.15) is 31.2 Å². The maximum Gasteiger partial charge on any atom is 0.191 e. The van der Waals surface area contributed by atoms with Crippen LogP contribution in [0.4, 0.5) is 0 Å². The Balaban J connectivity index is 0.00000392. The number of hydrogen-bond donors (Lipinski definition) is 3. The van der Waals surface area contributed by atoms with E-state index in [1.807, 2.05) is 37.4 Å². The summed E-state index contributed by atoms with van der Waals surface area (Å²) in [5, 5.41) is 19.3. The van der Waals surface area contributed by atoms with Gasteiger partial charge >= 0.3 is 0 Å². The molecule has 0 spiro atoms. The second-order valence-corrected chi connectivity index (χ2v) is 8.02. The smallest absolute Gasteiger partial charge is 0.191 e. The van der Waals surface area contributed by atoms with E-state index in [9.17, 15) is 5.11 Å². The van der Waals surface area contributed by atoms with Crippen molar-refractivity contribution >= 4 is 41.3 Å². The van der Waals surface area contributed by atoms with Gasteiger partial charge in [0.2, 0.25) is 0 Å². The molecule has 1 aromatic carbocycles. The minimum atomic E-state index is -0.952. The Kier molecular flexibility index (Phi) is 11.0.